The molecule has 0 aromatic heterocycles. The minimum Gasteiger partial charge on any atom is -0.274 e. The third kappa shape index (κ3) is 2.40. The minimum atomic E-state index is -3.85. The summed E-state index contributed by atoms with van der Waals surface area (Å²) in [6, 6.07) is 7.90. The molecule has 1 aromatic rings. The van der Waals surface area contributed by atoms with Gasteiger partial charge in [-0.3, -0.25) is 4.79 Å². The lowest BCUT2D eigenvalue weighted by Crippen LogP contribution is -2.30. The zero-order valence-electron chi connectivity index (χ0n) is 7.73. The Bertz CT molecular complexity index is 411. The predicted octanol–water partition coefficient (Wildman–Crippen LogP) is 0.766. The smallest absolute Gasteiger partial charge is 0.274 e. The van der Waals surface area contributed by atoms with Crippen molar-refractivity contribution in [2.45, 2.75) is 6.92 Å². The molecule has 1 aromatic carbocycles. The van der Waals surface area contributed by atoms with Crippen LogP contribution in [0.3, 0.4) is 0 Å². The van der Waals surface area contributed by atoms with E-state index in [1.54, 1.807) is 25.1 Å². The minimum absolute atomic E-state index is 0.174. The molecule has 0 amide bonds. The maximum absolute atomic E-state index is 11.4. The fourth-order valence-electron chi connectivity index (χ4n) is 0.985. The van der Waals surface area contributed by atoms with E-state index in [-0.39, 0.29) is 12.1 Å². The summed E-state index contributed by atoms with van der Waals surface area (Å²) in [7, 11) is -3.85. The van der Waals surface area contributed by atoms with Crippen LogP contribution in [0.15, 0.2) is 30.3 Å². The molecule has 1 rings (SSSR count). The van der Waals surface area contributed by atoms with Crippen molar-refractivity contribution in [1.82, 2.24) is 4.72 Å². The van der Waals surface area contributed by atoms with Crippen molar-refractivity contribution in [1.29, 1.82) is 0 Å². The number of carbonyl (C=O) groups is 1. The van der Waals surface area contributed by atoms with E-state index in [1.165, 1.54) is 12.1 Å². The van der Waals surface area contributed by atoms with Crippen LogP contribution >= 0.6 is 0 Å². The summed E-state index contributed by atoms with van der Waals surface area (Å²) in [6.07, 6.45) is 0. The van der Waals surface area contributed by atoms with Crippen molar-refractivity contribution in [3.8, 4) is 0 Å². The van der Waals surface area contributed by atoms with Gasteiger partial charge in [-0.05, 0) is 0 Å². The zero-order valence-corrected chi connectivity index (χ0v) is 8.54. The van der Waals surface area contributed by atoms with E-state index in [9.17, 15) is 13.2 Å². The Morgan fingerprint density at radius 3 is 2.36 bits per heavy atom. The van der Waals surface area contributed by atoms with Crippen molar-refractivity contribution in [3.63, 3.8) is 0 Å². The van der Waals surface area contributed by atoms with Gasteiger partial charge in [0.2, 0.25) is 0 Å². The molecule has 0 radical (unpaired) electrons. The van der Waals surface area contributed by atoms with Crippen LogP contribution in [0.4, 0.5) is 0 Å². The quantitative estimate of drug-likeness (QED) is 0.806. The van der Waals surface area contributed by atoms with Crippen LogP contribution in [-0.2, 0) is 10.0 Å². The highest BCUT2D eigenvalue weighted by atomic mass is 32.2. The molecule has 14 heavy (non-hydrogen) atoms. The molecule has 1 N–H and O–H groups in total. The molecule has 0 aliphatic heterocycles. The second-order valence-electron chi connectivity index (χ2n) is 2.65. The normalized spacial score (nSPS) is 11.2. The number of carbonyl (C=O) groups excluding carboxylic acids is 1. The van der Waals surface area contributed by atoms with Crippen LogP contribution in [0.1, 0.15) is 17.3 Å². The molecule has 0 saturated carbocycles. The molecule has 0 unspecified atom stereocenters. The first-order chi connectivity index (χ1) is 6.58. The van der Waals surface area contributed by atoms with Gasteiger partial charge in [-0.25, -0.2) is 13.1 Å². The fourth-order valence-corrected chi connectivity index (χ4v) is 1.94. The van der Waals surface area contributed by atoms with Crippen LogP contribution in [-0.4, -0.2) is 20.1 Å². The molecule has 0 atom stereocenters. The Morgan fingerprint density at radius 2 is 1.86 bits per heavy atom. The molecule has 5 heteroatoms. The van der Waals surface area contributed by atoms with Gasteiger partial charge in [0.1, 0.15) is 0 Å². The van der Waals surface area contributed by atoms with Crippen molar-refractivity contribution in [2.75, 3.05) is 6.54 Å². The standard InChI is InChI=1S/C9H11NO3S/c1-2-10-14(12,13)9(11)8-6-4-3-5-7-8/h3-7,10H,2H2,1H3. The summed E-state index contributed by atoms with van der Waals surface area (Å²) in [4.78, 5) is 11.4. The van der Waals surface area contributed by atoms with Gasteiger partial charge < -0.3 is 0 Å². The number of nitrogens with one attached hydrogen (secondary N) is 1. The lowest BCUT2D eigenvalue weighted by Gasteiger charge is -2.02. The second-order valence-corrected chi connectivity index (χ2v) is 4.32. The average Bonchev–Trinajstić information content (AvgIpc) is 2.18. The SMILES string of the molecule is CCNS(=O)(=O)C(=O)c1ccccc1. The molecule has 0 saturated heterocycles. The first-order valence-corrected chi connectivity index (χ1v) is 5.65. The van der Waals surface area contributed by atoms with Gasteiger partial charge in [-0.2, -0.15) is 0 Å². The van der Waals surface area contributed by atoms with Crippen LogP contribution in [0.25, 0.3) is 0 Å². The summed E-state index contributed by atoms with van der Waals surface area (Å²) >= 11 is 0. The molecular weight excluding hydrogens is 202 g/mol. The van der Waals surface area contributed by atoms with Crippen LogP contribution < -0.4 is 4.72 Å². The summed E-state index contributed by atoms with van der Waals surface area (Å²) in [5.74, 6) is 0. The van der Waals surface area contributed by atoms with E-state index in [1.807, 2.05) is 0 Å². The Morgan fingerprint density at radius 1 is 1.29 bits per heavy atom. The van der Waals surface area contributed by atoms with Crippen molar-refractivity contribution in [2.24, 2.45) is 0 Å². The van der Waals surface area contributed by atoms with E-state index < -0.39 is 15.1 Å². The van der Waals surface area contributed by atoms with Gasteiger partial charge >= 0.3 is 0 Å². The number of sulfonamides is 1. The summed E-state index contributed by atoms with van der Waals surface area (Å²) in [6.45, 7) is 1.83. The Labute approximate surface area is 83.0 Å². The molecule has 0 bridgehead atoms. The van der Waals surface area contributed by atoms with Gasteiger partial charge in [-0.15, -0.1) is 0 Å². The van der Waals surface area contributed by atoms with E-state index in [0.29, 0.717) is 0 Å². The highest BCUT2D eigenvalue weighted by Gasteiger charge is 2.21. The lowest BCUT2D eigenvalue weighted by atomic mass is 10.2. The van der Waals surface area contributed by atoms with Gasteiger partial charge in [0.15, 0.2) is 0 Å². The molecule has 76 valence electrons. The Hall–Kier alpha value is -1.20. The second kappa shape index (κ2) is 4.34. The molecular formula is C9H11NO3S. The third-order valence-corrected chi connectivity index (χ3v) is 2.98. The predicted molar refractivity (Wildman–Crippen MR) is 53.4 cm³/mol. The summed E-state index contributed by atoms with van der Waals surface area (Å²) in [5.41, 5.74) is 0.174. The van der Waals surface area contributed by atoms with Crippen LogP contribution in [0.5, 0.6) is 0 Å². The topological polar surface area (TPSA) is 63.2 Å². The van der Waals surface area contributed by atoms with E-state index in [4.69, 9.17) is 0 Å². The Balaban J connectivity index is 2.98. The van der Waals surface area contributed by atoms with E-state index in [0.717, 1.165) is 0 Å². The fraction of sp³-hybridized carbons (Fsp3) is 0.222. The van der Waals surface area contributed by atoms with Crippen molar-refractivity contribution in [3.05, 3.63) is 35.9 Å². The molecule has 4 nitrogen and oxygen atoms in total. The number of hydrogen-bond donors (Lipinski definition) is 1. The molecule has 0 aliphatic rings. The lowest BCUT2D eigenvalue weighted by molar-refractivity contribution is 0.107. The van der Waals surface area contributed by atoms with Gasteiger partial charge in [0.25, 0.3) is 15.1 Å². The number of benzene rings is 1. The number of hydrogen-bond acceptors (Lipinski definition) is 3. The molecule has 0 spiro atoms. The van der Waals surface area contributed by atoms with Gasteiger partial charge in [-0.1, -0.05) is 37.3 Å². The number of rotatable bonds is 3. The van der Waals surface area contributed by atoms with Crippen LogP contribution in [0, 0.1) is 0 Å². The summed E-state index contributed by atoms with van der Waals surface area (Å²) < 4.78 is 24.7. The first kappa shape index (κ1) is 10.9. The van der Waals surface area contributed by atoms with E-state index >= 15 is 0 Å². The molecule has 0 fully saturated rings. The summed E-state index contributed by atoms with van der Waals surface area (Å²) in [5, 5.41) is -0.889. The van der Waals surface area contributed by atoms with Crippen molar-refractivity contribution < 1.29 is 13.2 Å². The monoisotopic (exact) mass is 213 g/mol. The van der Waals surface area contributed by atoms with E-state index in [2.05, 4.69) is 4.72 Å². The van der Waals surface area contributed by atoms with Crippen molar-refractivity contribution >= 4 is 15.1 Å². The van der Waals surface area contributed by atoms with Gasteiger partial charge in [0, 0.05) is 12.1 Å². The maximum Gasteiger partial charge on any atom is 0.291 e. The third-order valence-electron chi connectivity index (χ3n) is 1.59. The highest BCUT2D eigenvalue weighted by molar-refractivity contribution is 8.04. The van der Waals surface area contributed by atoms with Crippen LogP contribution in [0.2, 0.25) is 0 Å². The molecule has 0 heterocycles. The maximum atomic E-state index is 11.4. The molecule has 0 aliphatic carbocycles. The zero-order chi connectivity index (χ0) is 10.6. The van der Waals surface area contributed by atoms with Gasteiger partial charge in [0.05, 0.1) is 0 Å². The Kier molecular flexibility index (Phi) is 3.38. The highest BCUT2D eigenvalue weighted by Crippen LogP contribution is 2.03. The largest absolute Gasteiger partial charge is 0.291 e. The average molecular weight is 213 g/mol. The first-order valence-electron chi connectivity index (χ1n) is 4.17.